The molecule has 5 heteroatoms. The van der Waals surface area contributed by atoms with Crippen molar-refractivity contribution in [2.24, 2.45) is 4.90 Å². The van der Waals surface area contributed by atoms with Crippen LogP contribution in [0.3, 0.4) is 0 Å². The maximum atomic E-state index is 10.1. The number of carbonyl (C=O) groups is 1. The van der Waals surface area contributed by atoms with Gasteiger partial charge in [-0.2, -0.15) is 0 Å². The van der Waals surface area contributed by atoms with E-state index in [1.54, 1.807) is 0 Å². The molecule has 1 N–H and O–H groups in total. The summed E-state index contributed by atoms with van der Waals surface area (Å²) in [6.07, 6.45) is 1.19. The van der Waals surface area contributed by atoms with Gasteiger partial charge in [-0.3, -0.25) is 9.70 Å². The fourth-order valence-corrected chi connectivity index (χ4v) is 0.150. The highest BCUT2D eigenvalue weighted by Crippen LogP contribution is 1.62. The lowest BCUT2D eigenvalue weighted by atomic mass is 9.96. The van der Waals surface area contributed by atoms with Gasteiger partial charge in [0, 0.05) is 7.05 Å². The number of rotatable bonds is 2. The molecule has 1 amide bonds. The summed E-state index contributed by atoms with van der Waals surface area (Å²) in [6, 6.07) is 0. The van der Waals surface area contributed by atoms with E-state index in [4.69, 9.17) is 0 Å². The molecule has 8 heavy (non-hydrogen) atoms. The summed E-state index contributed by atoms with van der Waals surface area (Å²) in [5.41, 5.74) is 0. The molecule has 0 bridgehead atoms. The third-order valence-corrected chi connectivity index (χ3v) is 0.481. The van der Waals surface area contributed by atoms with E-state index >= 15 is 0 Å². The van der Waals surface area contributed by atoms with Gasteiger partial charge in [0.1, 0.15) is 0 Å². The minimum absolute atomic E-state index is 0.409. The van der Waals surface area contributed by atoms with Gasteiger partial charge in [0.05, 0.1) is 0 Å². The molecule has 0 aromatic rings. The van der Waals surface area contributed by atoms with Gasteiger partial charge in [-0.15, -0.1) is 0 Å². The zero-order chi connectivity index (χ0) is 6.41. The monoisotopic (exact) mass is 111 g/mol. The van der Waals surface area contributed by atoms with E-state index in [0.29, 0.717) is 0 Å². The van der Waals surface area contributed by atoms with Gasteiger partial charge in [-0.1, -0.05) is 0 Å². The Labute approximate surface area is 47.2 Å². The Morgan fingerprint density at radius 1 is 1.88 bits per heavy atom. The molecule has 0 fully saturated rings. The molecular formula is C3H4BN2O2. The number of nitrogens with one attached hydrogen (secondary N) is 1. The summed E-state index contributed by atoms with van der Waals surface area (Å²) in [7, 11) is 2.30. The molecule has 0 saturated carbocycles. The molecule has 1 radical (unpaired) electrons. The largest absolute Gasteiger partial charge is 0.405 e. The van der Waals surface area contributed by atoms with Crippen molar-refractivity contribution in [1.29, 1.82) is 0 Å². The molecule has 0 spiro atoms. The molecule has 0 atom stereocenters. The van der Waals surface area contributed by atoms with Crippen LogP contribution >= 0.6 is 0 Å². The van der Waals surface area contributed by atoms with Crippen molar-refractivity contribution >= 4 is 19.3 Å². The van der Waals surface area contributed by atoms with Gasteiger partial charge in [-0.25, -0.2) is 4.79 Å². The first-order chi connectivity index (χ1) is 3.81. The van der Waals surface area contributed by atoms with E-state index in [1.807, 2.05) is 0 Å². The summed E-state index contributed by atoms with van der Waals surface area (Å²) < 4.78 is 0. The van der Waals surface area contributed by atoms with Crippen molar-refractivity contribution in [1.82, 2.24) is 5.32 Å². The molecule has 0 aliphatic heterocycles. The van der Waals surface area contributed by atoms with Gasteiger partial charge in [0.25, 0.3) is 0 Å². The third kappa shape index (κ3) is 3.12. The molecule has 0 unspecified atom stereocenters. The van der Waals surface area contributed by atoms with Crippen LogP contribution < -0.4 is 5.32 Å². The smallest absolute Gasteiger partial charge is 0.366 e. The summed E-state index contributed by atoms with van der Waals surface area (Å²) in [6.45, 7) is 0. The molecule has 0 aliphatic carbocycles. The number of isocyanates is 1. The van der Waals surface area contributed by atoms with Crippen LogP contribution in [0.2, 0.25) is 0 Å². The first-order valence-electron chi connectivity index (χ1n) is 1.93. The zero-order valence-electron chi connectivity index (χ0n) is 4.34. The van der Waals surface area contributed by atoms with Crippen molar-refractivity contribution in [2.45, 2.75) is 0 Å². The number of hydrogen-bond acceptors (Lipinski definition) is 3. The van der Waals surface area contributed by atoms with E-state index in [2.05, 4.69) is 10.2 Å². The van der Waals surface area contributed by atoms with Crippen molar-refractivity contribution in [2.75, 3.05) is 7.05 Å². The van der Waals surface area contributed by atoms with Crippen molar-refractivity contribution in [3.8, 4) is 0 Å². The zero-order valence-corrected chi connectivity index (χ0v) is 4.34. The Kier molecular flexibility index (Phi) is 3.53. The Balaban J connectivity index is 3.39. The summed E-state index contributed by atoms with van der Waals surface area (Å²) in [4.78, 5) is 22.4. The highest BCUT2D eigenvalue weighted by atomic mass is 16.1. The van der Waals surface area contributed by atoms with E-state index in [0.717, 1.165) is 7.41 Å². The quantitative estimate of drug-likeness (QED) is 0.290. The van der Waals surface area contributed by atoms with Crippen molar-refractivity contribution in [3.63, 3.8) is 0 Å². The van der Waals surface area contributed by atoms with Gasteiger partial charge in [0.15, 0.2) is 5.81 Å². The number of amides is 1. The molecule has 41 valence electrons. The summed E-state index contributed by atoms with van der Waals surface area (Å²) in [5.74, 6) is -0.409. The number of hydrogen-bond donors (Lipinski definition) is 1. The SMILES string of the molecule is CNC(=O)[B]N=C=O. The topological polar surface area (TPSA) is 58.5 Å². The second-order valence-electron chi connectivity index (χ2n) is 0.964. The fourth-order valence-electron chi connectivity index (χ4n) is 0.150. The number of nitrogens with zero attached hydrogens (tertiary/aromatic N) is 1. The number of carbonyl (C=O) groups excluding carboxylic acids is 2. The first-order valence-corrected chi connectivity index (χ1v) is 1.93. The normalized spacial score (nSPS) is 6.62. The molecular weight excluding hydrogens is 107 g/mol. The van der Waals surface area contributed by atoms with Crippen LogP contribution in [-0.2, 0) is 4.79 Å². The summed E-state index contributed by atoms with van der Waals surface area (Å²) >= 11 is 0. The maximum absolute atomic E-state index is 10.1. The summed E-state index contributed by atoms with van der Waals surface area (Å²) in [5, 5.41) is 2.23. The standard InChI is InChI=1S/C3H4BN2O2/c1-5-3(8)4-6-2-7/h1H3,(H,5,8). The van der Waals surface area contributed by atoms with E-state index < -0.39 is 5.81 Å². The van der Waals surface area contributed by atoms with Crippen molar-refractivity contribution in [3.05, 3.63) is 0 Å². The maximum Gasteiger partial charge on any atom is 0.405 e. The second kappa shape index (κ2) is 4.08. The molecule has 0 aliphatic rings. The van der Waals surface area contributed by atoms with E-state index in [1.165, 1.54) is 13.1 Å². The minimum atomic E-state index is -0.409. The lowest BCUT2D eigenvalue weighted by molar-refractivity contribution is 0.260. The Morgan fingerprint density at radius 3 is 2.88 bits per heavy atom. The molecule has 0 heterocycles. The van der Waals surface area contributed by atoms with Crippen LogP contribution in [0.25, 0.3) is 0 Å². The Hall–Kier alpha value is -1.09. The fraction of sp³-hybridized carbons (Fsp3) is 0.333. The minimum Gasteiger partial charge on any atom is -0.366 e. The molecule has 0 aromatic heterocycles. The Morgan fingerprint density at radius 2 is 2.50 bits per heavy atom. The molecule has 4 nitrogen and oxygen atoms in total. The third-order valence-electron chi connectivity index (χ3n) is 0.481. The predicted octanol–water partition coefficient (Wildman–Crippen LogP) is -0.719. The van der Waals surface area contributed by atoms with E-state index in [9.17, 15) is 9.59 Å². The first kappa shape index (κ1) is 6.91. The van der Waals surface area contributed by atoms with Crippen LogP contribution in [0, 0.1) is 0 Å². The molecule has 0 aromatic carbocycles. The van der Waals surface area contributed by atoms with Gasteiger partial charge in [0.2, 0.25) is 6.08 Å². The Bertz CT molecular complexity index is 129. The van der Waals surface area contributed by atoms with E-state index in [-0.39, 0.29) is 0 Å². The van der Waals surface area contributed by atoms with Crippen LogP contribution in [-0.4, -0.2) is 26.3 Å². The van der Waals surface area contributed by atoms with Crippen LogP contribution in [0.15, 0.2) is 4.90 Å². The second-order valence-corrected chi connectivity index (χ2v) is 0.964. The highest BCUT2D eigenvalue weighted by Gasteiger charge is 1.96. The van der Waals surface area contributed by atoms with Crippen molar-refractivity contribution < 1.29 is 9.59 Å². The highest BCUT2D eigenvalue weighted by molar-refractivity contribution is 6.72. The average molecular weight is 111 g/mol. The lowest BCUT2D eigenvalue weighted by Crippen LogP contribution is -2.21. The van der Waals surface area contributed by atoms with Crippen LogP contribution in [0.5, 0.6) is 0 Å². The molecule has 0 rings (SSSR count). The molecule has 0 saturated heterocycles. The average Bonchev–Trinajstić information content (AvgIpc) is 1.83. The predicted molar refractivity (Wildman–Crippen MR) is 28.3 cm³/mol. The van der Waals surface area contributed by atoms with Gasteiger partial charge >= 0.3 is 7.41 Å². The van der Waals surface area contributed by atoms with Crippen LogP contribution in [0.1, 0.15) is 0 Å². The van der Waals surface area contributed by atoms with Crippen LogP contribution in [0.4, 0.5) is 4.79 Å². The van der Waals surface area contributed by atoms with Gasteiger partial charge < -0.3 is 5.32 Å². The van der Waals surface area contributed by atoms with Gasteiger partial charge in [-0.05, 0) is 0 Å². The lowest BCUT2D eigenvalue weighted by Gasteiger charge is -1.85.